The summed E-state index contributed by atoms with van der Waals surface area (Å²) in [4.78, 5) is 11.2. The smallest absolute Gasteiger partial charge is 0.248 e. The molecule has 0 bridgehead atoms. The van der Waals surface area contributed by atoms with Crippen molar-refractivity contribution in [2.24, 2.45) is 5.73 Å². The third kappa shape index (κ3) is 2.64. The van der Waals surface area contributed by atoms with E-state index < -0.39 is 0 Å². The van der Waals surface area contributed by atoms with E-state index in [1.807, 2.05) is 19.9 Å². The molecule has 0 spiro atoms. The minimum absolute atomic E-state index is 0.267. The summed E-state index contributed by atoms with van der Waals surface area (Å²) >= 11 is 0. The molecule has 3 N–H and O–H groups in total. The predicted molar refractivity (Wildman–Crippen MR) is 71.0 cm³/mol. The number of amides is 1. The SMILES string of the molecule is Cc1c(OC2CCNCC2)ccc(C(N)=O)c1C. The molecule has 1 aromatic carbocycles. The van der Waals surface area contributed by atoms with Gasteiger partial charge in [-0.2, -0.15) is 0 Å². The van der Waals surface area contributed by atoms with Gasteiger partial charge in [-0.3, -0.25) is 4.79 Å². The number of carbonyl (C=O) groups excluding carboxylic acids is 1. The fraction of sp³-hybridized carbons (Fsp3) is 0.500. The standard InChI is InChI=1S/C14H20N2O2/c1-9-10(2)13(4-3-12(9)14(15)17)18-11-5-7-16-8-6-11/h3-4,11,16H,5-8H2,1-2H3,(H2,15,17). The van der Waals surface area contributed by atoms with Crippen LogP contribution in [0.5, 0.6) is 5.75 Å². The van der Waals surface area contributed by atoms with Gasteiger partial charge in [-0.25, -0.2) is 0 Å². The van der Waals surface area contributed by atoms with Crippen LogP contribution in [0, 0.1) is 13.8 Å². The summed E-state index contributed by atoms with van der Waals surface area (Å²) in [7, 11) is 0. The minimum atomic E-state index is -0.385. The maximum atomic E-state index is 11.2. The van der Waals surface area contributed by atoms with Gasteiger partial charge in [0.05, 0.1) is 0 Å². The second-order valence-corrected chi connectivity index (χ2v) is 4.79. The van der Waals surface area contributed by atoms with Crippen LogP contribution in [0.4, 0.5) is 0 Å². The summed E-state index contributed by atoms with van der Waals surface area (Å²) in [5, 5.41) is 3.31. The first-order valence-corrected chi connectivity index (χ1v) is 6.37. The molecule has 0 saturated carbocycles. The van der Waals surface area contributed by atoms with Gasteiger partial charge in [0.25, 0.3) is 0 Å². The van der Waals surface area contributed by atoms with E-state index in [1.54, 1.807) is 6.07 Å². The highest BCUT2D eigenvalue weighted by molar-refractivity contribution is 5.94. The Bertz CT molecular complexity index is 451. The molecule has 4 nitrogen and oxygen atoms in total. The number of primary amides is 1. The summed E-state index contributed by atoms with van der Waals surface area (Å²) in [6.45, 7) is 5.88. The Morgan fingerprint density at radius 2 is 1.94 bits per heavy atom. The average molecular weight is 248 g/mol. The largest absolute Gasteiger partial charge is 0.490 e. The molecule has 98 valence electrons. The van der Waals surface area contributed by atoms with Crippen LogP contribution in [-0.2, 0) is 0 Å². The lowest BCUT2D eigenvalue weighted by Crippen LogP contribution is -2.34. The minimum Gasteiger partial charge on any atom is -0.490 e. The molecule has 1 saturated heterocycles. The number of piperidine rings is 1. The van der Waals surface area contributed by atoms with Gasteiger partial charge in [0.1, 0.15) is 11.9 Å². The summed E-state index contributed by atoms with van der Waals surface area (Å²) < 4.78 is 6.01. The number of carbonyl (C=O) groups is 1. The van der Waals surface area contributed by atoms with Crippen molar-refractivity contribution in [3.8, 4) is 5.75 Å². The molecule has 1 aliphatic heterocycles. The Morgan fingerprint density at radius 3 is 2.56 bits per heavy atom. The van der Waals surface area contributed by atoms with Crippen molar-refractivity contribution in [1.82, 2.24) is 5.32 Å². The van der Waals surface area contributed by atoms with E-state index >= 15 is 0 Å². The molecule has 1 fully saturated rings. The molecular weight excluding hydrogens is 228 g/mol. The quantitative estimate of drug-likeness (QED) is 0.852. The van der Waals surface area contributed by atoms with Crippen LogP contribution in [0.2, 0.25) is 0 Å². The highest BCUT2D eigenvalue weighted by atomic mass is 16.5. The van der Waals surface area contributed by atoms with E-state index in [9.17, 15) is 4.79 Å². The topological polar surface area (TPSA) is 64.3 Å². The monoisotopic (exact) mass is 248 g/mol. The Kier molecular flexibility index (Phi) is 3.87. The number of ether oxygens (including phenoxy) is 1. The van der Waals surface area contributed by atoms with Gasteiger partial charge in [-0.05, 0) is 63.0 Å². The van der Waals surface area contributed by atoms with E-state index in [0.717, 1.165) is 42.8 Å². The van der Waals surface area contributed by atoms with Gasteiger partial charge in [-0.1, -0.05) is 0 Å². The van der Waals surface area contributed by atoms with Gasteiger partial charge in [0, 0.05) is 5.56 Å². The third-order valence-corrected chi connectivity index (χ3v) is 3.58. The molecule has 1 aromatic rings. The van der Waals surface area contributed by atoms with E-state index in [4.69, 9.17) is 10.5 Å². The first-order valence-electron chi connectivity index (χ1n) is 6.37. The summed E-state index contributed by atoms with van der Waals surface area (Å²) in [5.41, 5.74) is 7.82. The number of hydrogen-bond donors (Lipinski definition) is 2. The maximum absolute atomic E-state index is 11.2. The van der Waals surface area contributed by atoms with Crippen LogP contribution in [0.15, 0.2) is 12.1 Å². The maximum Gasteiger partial charge on any atom is 0.248 e. The van der Waals surface area contributed by atoms with E-state index in [-0.39, 0.29) is 12.0 Å². The molecular formula is C14H20N2O2. The molecule has 4 heteroatoms. The molecule has 1 amide bonds. The van der Waals surface area contributed by atoms with Crippen LogP contribution in [0.1, 0.15) is 34.3 Å². The van der Waals surface area contributed by atoms with Crippen LogP contribution in [-0.4, -0.2) is 25.1 Å². The second-order valence-electron chi connectivity index (χ2n) is 4.79. The molecule has 1 aliphatic rings. The van der Waals surface area contributed by atoms with Gasteiger partial charge in [0.2, 0.25) is 5.91 Å². The van der Waals surface area contributed by atoms with Crippen molar-refractivity contribution in [3.05, 3.63) is 28.8 Å². The number of benzene rings is 1. The Balaban J connectivity index is 2.18. The van der Waals surface area contributed by atoms with Crippen molar-refractivity contribution < 1.29 is 9.53 Å². The Hall–Kier alpha value is -1.55. The lowest BCUT2D eigenvalue weighted by molar-refractivity contribution is 0.0999. The zero-order valence-corrected chi connectivity index (χ0v) is 11.0. The van der Waals surface area contributed by atoms with E-state index in [0.29, 0.717) is 5.56 Å². The fourth-order valence-corrected chi connectivity index (χ4v) is 2.28. The summed E-state index contributed by atoms with van der Waals surface area (Å²) in [6, 6.07) is 3.60. The number of nitrogens with one attached hydrogen (secondary N) is 1. The molecule has 0 radical (unpaired) electrons. The number of hydrogen-bond acceptors (Lipinski definition) is 3. The molecule has 18 heavy (non-hydrogen) atoms. The lowest BCUT2D eigenvalue weighted by Gasteiger charge is -2.25. The molecule has 0 aromatic heterocycles. The van der Waals surface area contributed by atoms with Crippen molar-refractivity contribution >= 4 is 5.91 Å². The van der Waals surface area contributed by atoms with Crippen LogP contribution in [0.25, 0.3) is 0 Å². The normalized spacial score (nSPS) is 16.6. The van der Waals surface area contributed by atoms with Crippen LogP contribution < -0.4 is 15.8 Å². The fourth-order valence-electron chi connectivity index (χ4n) is 2.28. The summed E-state index contributed by atoms with van der Waals surface area (Å²) in [6.07, 6.45) is 2.32. The number of rotatable bonds is 3. The van der Waals surface area contributed by atoms with E-state index in [1.165, 1.54) is 0 Å². The predicted octanol–water partition coefficient (Wildman–Crippen LogP) is 1.53. The highest BCUT2D eigenvalue weighted by Gasteiger charge is 2.17. The molecule has 0 atom stereocenters. The van der Waals surface area contributed by atoms with Gasteiger partial charge >= 0.3 is 0 Å². The van der Waals surface area contributed by atoms with Crippen molar-refractivity contribution in [3.63, 3.8) is 0 Å². The Labute approximate surface area is 108 Å². The zero-order valence-electron chi connectivity index (χ0n) is 11.0. The van der Waals surface area contributed by atoms with Crippen molar-refractivity contribution in [2.75, 3.05) is 13.1 Å². The van der Waals surface area contributed by atoms with Crippen molar-refractivity contribution in [2.45, 2.75) is 32.8 Å². The molecule has 1 heterocycles. The lowest BCUT2D eigenvalue weighted by atomic mass is 10.0. The second kappa shape index (κ2) is 5.40. The van der Waals surface area contributed by atoms with E-state index in [2.05, 4.69) is 5.32 Å². The molecule has 0 aliphatic carbocycles. The average Bonchev–Trinajstić information content (AvgIpc) is 2.36. The van der Waals surface area contributed by atoms with Crippen LogP contribution in [0.3, 0.4) is 0 Å². The number of nitrogens with two attached hydrogens (primary N) is 1. The molecule has 0 unspecified atom stereocenters. The van der Waals surface area contributed by atoms with Gasteiger partial charge in [-0.15, -0.1) is 0 Å². The summed E-state index contributed by atoms with van der Waals surface area (Å²) in [5.74, 6) is 0.480. The third-order valence-electron chi connectivity index (χ3n) is 3.58. The first-order chi connectivity index (χ1) is 8.59. The molecule has 2 rings (SSSR count). The zero-order chi connectivity index (χ0) is 13.1. The van der Waals surface area contributed by atoms with Gasteiger partial charge in [0.15, 0.2) is 0 Å². The Morgan fingerprint density at radius 1 is 1.28 bits per heavy atom. The van der Waals surface area contributed by atoms with Gasteiger partial charge < -0.3 is 15.8 Å². The highest BCUT2D eigenvalue weighted by Crippen LogP contribution is 2.26. The first kappa shape index (κ1) is 12.9. The van der Waals surface area contributed by atoms with Crippen molar-refractivity contribution in [1.29, 1.82) is 0 Å². The van der Waals surface area contributed by atoms with Crippen LogP contribution >= 0.6 is 0 Å².